The Bertz CT molecular complexity index is 605. The van der Waals surface area contributed by atoms with Crippen LogP contribution in [0.25, 0.3) is 0 Å². The summed E-state index contributed by atoms with van der Waals surface area (Å²) in [7, 11) is 0. The van der Waals surface area contributed by atoms with Crippen LogP contribution in [0.4, 0.5) is 15.8 Å². The molecule has 2 aliphatic heterocycles. The molecule has 1 unspecified atom stereocenters. The highest BCUT2D eigenvalue weighted by Crippen LogP contribution is 2.27. The number of benzene rings is 1. The molecule has 1 aromatic carbocycles. The molecule has 0 saturated carbocycles. The van der Waals surface area contributed by atoms with E-state index in [1.165, 1.54) is 11.0 Å². The molecule has 0 radical (unpaired) electrons. The number of rotatable bonds is 5. The monoisotopic (exact) mass is 355 g/mol. The summed E-state index contributed by atoms with van der Waals surface area (Å²) >= 11 is 0. The van der Waals surface area contributed by atoms with E-state index in [-0.39, 0.29) is 24.2 Å². The fraction of sp³-hybridized carbons (Fsp3) is 0.529. The van der Waals surface area contributed by atoms with Gasteiger partial charge in [0.15, 0.2) is 0 Å². The second-order valence-electron chi connectivity index (χ2n) is 6.26. The highest BCUT2D eigenvalue weighted by Gasteiger charge is 2.24. The molecule has 2 heterocycles. The van der Waals surface area contributed by atoms with Crippen molar-refractivity contribution in [2.45, 2.75) is 32.1 Å². The molecule has 0 aliphatic carbocycles. The van der Waals surface area contributed by atoms with Crippen molar-refractivity contribution in [3.8, 4) is 0 Å². The molecule has 2 amide bonds. The van der Waals surface area contributed by atoms with Gasteiger partial charge in [-0.25, -0.2) is 4.39 Å². The fourth-order valence-corrected chi connectivity index (χ4v) is 3.23. The lowest BCUT2D eigenvalue weighted by Gasteiger charge is -2.17. The van der Waals surface area contributed by atoms with E-state index in [2.05, 4.69) is 10.6 Å². The summed E-state index contributed by atoms with van der Waals surface area (Å²) < 4.78 is 14.2. The van der Waals surface area contributed by atoms with Crippen LogP contribution in [0.15, 0.2) is 18.2 Å². The van der Waals surface area contributed by atoms with Crippen LogP contribution < -0.4 is 15.5 Å². The molecular formula is C17H23ClFN3O2. The summed E-state index contributed by atoms with van der Waals surface area (Å²) in [4.78, 5) is 25.1. The van der Waals surface area contributed by atoms with E-state index in [4.69, 9.17) is 0 Å². The maximum atomic E-state index is 14.2. The first kappa shape index (κ1) is 18.7. The van der Waals surface area contributed by atoms with E-state index >= 15 is 0 Å². The van der Waals surface area contributed by atoms with E-state index < -0.39 is 5.82 Å². The third kappa shape index (κ3) is 4.45. The first-order chi connectivity index (χ1) is 11.1. The number of carbonyl (C=O) groups is 2. The topological polar surface area (TPSA) is 61.4 Å². The Morgan fingerprint density at radius 2 is 2.25 bits per heavy atom. The summed E-state index contributed by atoms with van der Waals surface area (Å²) in [6.45, 7) is 2.55. The van der Waals surface area contributed by atoms with Crippen LogP contribution in [-0.4, -0.2) is 31.4 Å². The van der Waals surface area contributed by atoms with Crippen LogP contribution in [0.3, 0.4) is 0 Å². The van der Waals surface area contributed by atoms with Gasteiger partial charge in [-0.3, -0.25) is 9.59 Å². The van der Waals surface area contributed by atoms with E-state index in [1.807, 2.05) is 0 Å². The molecular weight excluding hydrogens is 333 g/mol. The smallest absolute Gasteiger partial charge is 0.227 e. The van der Waals surface area contributed by atoms with Gasteiger partial charge in [0.05, 0.1) is 5.69 Å². The van der Waals surface area contributed by atoms with Gasteiger partial charge in [-0.2, -0.15) is 0 Å². The Labute approximate surface area is 147 Å². The molecule has 2 fully saturated rings. The van der Waals surface area contributed by atoms with Gasteiger partial charge >= 0.3 is 0 Å². The van der Waals surface area contributed by atoms with Crippen LogP contribution in [0.1, 0.15) is 32.1 Å². The minimum atomic E-state index is -0.474. The van der Waals surface area contributed by atoms with Gasteiger partial charge in [-0.15, -0.1) is 12.4 Å². The van der Waals surface area contributed by atoms with Gasteiger partial charge in [0.25, 0.3) is 0 Å². The molecule has 2 N–H and O–H groups in total. The molecule has 24 heavy (non-hydrogen) atoms. The number of nitrogens with zero attached hydrogens (tertiary/aromatic N) is 1. The van der Waals surface area contributed by atoms with Crippen molar-refractivity contribution < 1.29 is 14.0 Å². The Kier molecular flexibility index (Phi) is 6.57. The molecule has 132 valence electrons. The lowest BCUT2D eigenvalue weighted by Crippen LogP contribution is -2.24. The maximum absolute atomic E-state index is 14.2. The SMILES string of the molecule is Cl.O=C(CCC1CCNC1)Nc1ccc(N2CCCC2=O)c(F)c1. The molecule has 1 atom stereocenters. The van der Waals surface area contributed by atoms with Crippen molar-refractivity contribution in [2.75, 3.05) is 29.9 Å². The molecule has 2 aliphatic rings. The number of nitrogens with one attached hydrogen (secondary N) is 2. The maximum Gasteiger partial charge on any atom is 0.227 e. The Balaban J connectivity index is 0.00000208. The fourth-order valence-electron chi connectivity index (χ4n) is 3.23. The number of halogens is 2. The largest absolute Gasteiger partial charge is 0.326 e. The summed E-state index contributed by atoms with van der Waals surface area (Å²) in [6, 6.07) is 4.50. The van der Waals surface area contributed by atoms with Gasteiger partial charge in [0.2, 0.25) is 11.8 Å². The van der Waals surface area contributed by atoms with E-state index in [0.29, 0.717) is 36.7 Å². The van der Waals surface area contributed by atoms with Crippen LogP contribution in [-0.2, 0) is 9.59 Å². The quantitative estimate of drug-likeness (QED) is 0.853. The summed E-state index contributed by atoms with van der Waals surface area (Å²) in [5.74, 6) is -0.0637. The van der Waals surface area contributed by atoms with Crippen LogP contribution >= 0.6 is 12.4 Å². The van der Waals surface area contributed by atoms with Crippen molar-refractivity contribution in [1.29, 1.82) is 0 Å². The van der Waals surface area contributed by atoms with Crippen LogP contribution in [0.5, 0.6) is 0 Å². The van der Waals surface area contributed by atoms with Gasteiger partial charge in [-0.1, -0.05) is 0 Å². The molecule has 5 nitrogen and oxygen atoms in total. The Morgan fingerprint density at radius 1 is 1.42 bits per heavy atom. The van der Waals surface area contributed by atoms with Gasteiger partial charge in [0.1, 0.15) is 5.82 Å². The number of anilines is 2. The van der Waals surface area contributed by atoms with E-state index in [9.17, 15) is 14.0 Å². The lowest BCUT2D eigenvalue weighted by atomic mass is 10.0. The molecule has 2 saturated heterocycles. The number of hydrogen-bond donors (Lipinski definition) is 2. The van der Waals surface area contributed by atoms with Crippen molar-refractivity contribution in [3.05, 3.63) is 24.0 Å². The van der Waals surface area contributed by atoms with E-state index in [1.54, 1.807) is 12.1 Å². The lowest BCUT2D eigenvalue weighted by molar-refractivity contribution is -0.117. The van der Waals surface area contributed by atoms with Crippen molar-refractivity contribution in [1.82, 2.24) is 5.32 Å². The predicted octanol–water partition coefficient (Wildman–Crippen LogP) is 2.70. The first-order valence-electron chi connectivity index (χ1n) is 8.24. The Morgan fingerprint density at radius 3 is 2.88 bits per heavy atom. The first-order valence-corrected chi connectivity index (χ1v) is 8.24. The van der Waals surface area contributed by atoms with Crippen LogP contribution in [0.2, 0.25) is 0 Å². The second-order valence-corrected chi connectivity index (χ2v) is 6.26. The van der Waals surface area contributed by atoms with Crippen molar-refractivity contribution in [3.63, 3.8) is 0 Å². The molecule has 0 bridgehead atoms. The third-order valence-corrected chi connectivity index (χ3v) is 4.54. The average molecular weight is 356 g/mol. The number of carbonyl (C=O) groups excluding carboxylic acids is 2. The van der Waals surface area contributed by atoms with Gasteiger partial charge in [-0.05, 0) is 56.5 Å². The van der Waals surface area contributed by atoms with Crippen molar-refractivity contribution in [2.24, 2.45) is 5.92 Å². The molecule has 7 heteroatoms. The molecule has 0 aromatic heterocycles. The van der Waals surface area contributed by atoms with Crippen molar-refractivity contribution >= 4 is 35.6 Å². The zero-order valence-corrected chi connectivity index (χ0v) is 14.3. The summed E-state index contributed by atoms with van der Waals surface area (Å²) in [5.41, 5.74) is 0.731. The minimum Gasteiger partial charge on any atom is -0.326 e. The highest BCUT2D eigenvalue weighted by molar-refractivity contribution is 5.96. The normalized spacial score (nSPS) is 20.1. The van der Waals surface area contributed by atoms with Crippen LogP contribution in [0, 0.1) is 11.7 Å². The summed E-state index contributed by atoms with van der Waals surface area (Å²) in [6.07, 6.45) is 3.63. The second kappa shape index (κ2) is 8.44. The zero-order chi connectivity index (χ0) is 16.2. The minimum absolute atomic E-state index is 0. The summed E-state index contributed by atoms with van der Waals surface area (Å²) in [5, 5.41) is 6.01. The third-order valence-electron chi connectivity index (χ3n) is 4.54. The number of hydrogen-bond acceptors (Lipinski definition) is 3. The van der Waals surface area contributed by atoms with E-state index in [0.717, 1.165) is 32.4 Å². The highest BCUT2D eigenvalue weighted by atomic mass is 35.5. The van der Waals surface area contributed by atoms with Gasteiger partial charge < -0.3 is 15.5 Å². The molecule has 3 rings (SSSR count). The van der Waals surface area contributed by atoms with Gasteiger partial charge in [0, 0.05) is 25.1 Å². The Hall–Kier alpha value is -1.66. The predicted molar refractivity (Wildman–Crippen MR) is 94.1 cm³/mol. The average Bonchev–Trinajstić information content (AvgIpc) is 3.17. The number of amides is 2. The standard InChI is InChI=1S/C17H22FN3O2.ClH/c18-14-10-13(4-5-15(14)21-9-1-2-17(21)23)20-16(22)6-3-12-7-8-19-11-12;/h4-5,10,12,19H,1-3,6-9,11H2,(H,20,22);1H. The molecule has 0 spiro atoms. The zero-order valence-electron chi connectivity index (χ0n) is 13.5. The molecule has 1 aromatic rings.